The van der Waals surface area contributed by atoms with Crippen molar-refractivity contribution in [3.63, 3.8) is 0 Å². The minimum absolute atomic E-state index is 0.217. The summed E-state index contributed by atoms with van der Waals surface area (Å²) in [6.07, 6.45) is 4.82. The van der Waals surface area contributed by atoms with Crippen molar-refractivity contribution in [2.45, 2.75) is 6.54 Å². The van der Waals surface area contributed by atoms with E-state index in [4.69, 9.17) is 37.1 Å². The molecule has 2 heterocycles. The van der Waals surface area contributed by atoms with E-state index in [9.17, 15) is 4.79 Å². The van der Waals surface area contributed by atoms with Gasteiger partial charge in [0, 0.05) is 5.56 Å². The number of rotatable bonds is 7. The highest BCUT2D eigenvalue weighted by atomic mass is 35.5. The van der Waals surface area contributed by atoms with E-state index in [1.54, 1.807) is 69.0 Å². The summed E-state index contributed by atoms with van der Waals surface area (Å²) in [5.74, 6) is 1.57. The molecular formula is C24H19Cl2N3O4S. The molecule has 0 spiro atoms. The SMILES string of the molecule is COc1ccc(/C=C2\S/C(=N\N=C\c3cccc(Cl)c3Cl)N(Cc3ccco3)C2=O)cc1OC. The van der Waals surface area contributed by atoms with Gasteiger partial charge in [-0.05, 0) is 53.7 Å². The van der Waals surface area contributed by atoms with E-state index >= 15 is 0 Å². The van der Waals surface area contributed by atoms with E-state index in [1.165, 1.54) is 22.9 Å². The number of benzene rings is 2. The van der Waals surface area contributed by atoms with Crippen LogP contribution in [0.4, 0.5) is 0 Å². The second-order valence-corrected chi connectivity index (χ2v) is 8.76. The highest BCUT2D eigenvalue weighted by molar-refractivity contribution is 8.18. The van der Waals surface area contributed by atoms with Crippen LogP contribution >= 0.6 is 35.0 Å². The lowest BCUT2D eigenvalue weighted by molar-refractivity contribution is -0.122. The third-order valence-corrected chi connectivity index (χ3v) is 6.64. The van der Waals surface area contributed by atoms with Gasteiger partial charge in [0.05, 0.1) is 48.2 Å². The van der Waals surface area contributed by atoms with Crippen LogP contribution in [-0.4, -0.2) is 36.4 Å². The van der Waals surface area contributed by atoms with E-state index in [1.807, 2.05) is 6.07 Å². The van der Waals surface area contributed by atoms with Crippen molar-refractivity contribution in [1.82, 2.24) is 4.90 Å². The average Bonchev–Trinajstić information content (AvgIpc) is 3.46. The molecule has 10 heteroatoms. The molecular weight excluding hydrogens is 497 g/mol. The Bertz CT molecular complexity index is 1290. The van der Waals surface area contributed by atoms with Gasteiger partial charge in [-0.15, -0.1) is 5.10 Å². The van der Waals surface area contributed by atoms with Gasteiger partial charge in [-0.25, -0.2) is 0 Å². The number of halogens is 2. The molecule has 1 saturated heterocycles. The predicted molar refractivity (Wildman–Crippen MR) is 136 cm³/mol. The number of ether oxygens (including phenoxy) is 2. The molecule has 0 radical (unpaired) electrons. The quantitative estimate of drug-likeness (QED) is 0.215. The minimum atomic E-state index is -0.217. The van der Waals surface area contributed by atoms with Crippen molar-refractivity contribution in [3.05, 3.63) is 86.6 Å². The summed E-state index contributed by atoms with van der Waals surface area (Å²) >= 11 is 13.5. The molecule has 0 atom stereocenters. The zero-order valence-corrected chi connectivity index (χ0v) is 20.5. The van der Waals surface area contributed by atoms with Crippen LogP contribution in [0, 0.1) is 0 Å². The Morgan fingerprint density at radius 1 is 1.09 bits per heavy atom. The topological polar surface area (TPSA) is 76.6 Å². The number of carbonyl (C=O) groups is 1. The Hall–Kier alpha value is -3.20. The fourth-order valence-corrected chi connectivity index (χ4v) is 4.43. The van der Waals surface area contributed by atoms with Crippen LogP contribution in [0.5, 0.6) is 11.5 Å². The van der Waals surface area contributed by atoms with Gasteiger partial charge in [-0.3, -0.25) is 9.69 Å². The molecule has 0 bridgehead atoms. The molecule has 1 amide bonds. The summed E-state index contributed by atoms with van der Waals surface area (Å²) in [6.45, 7) is 0.217. The third kappa shape index (κ3) is 5.30. The number of hydrogen-bond donors (Lipinski definition) is 0. The molecule has 1 aliphatic rings. The van der Waals surface area contributed by atoms with Crippen molar-refractivity contribution < 1.29 is 18.7 Å². The van der Waals surface area contributed by atoms with E-state index in [0.29, 0.717) is 42.9 Å². The molecule has 1 fully saturated rings. The Balaban J connectivity index is 1.65. The number of amides is 1. The maximum Gasteiger partial charge on any atom is 0.267 e. The first-order chi connectivity index (χ1) is 16.5. The molecule has 1 aromatic heterocycles. The van der Waals surface area contributed by atoms with Crippen molar-refractivity contribution in [2.75, 3.05) is 14.2 Å². The molecule has 0 aliphatic carbocycles. The van der Waals surface area contributed by atoms with Crippen molar-refractivity contribution in [1.29, 1.82) is 0 Å². The summed E-state index contributed by atoms with van der Waals surface area (Å²) in [5.41, 5.74) is 1.40. The van der Waals surface area contributed by atoms with E-state index in [2.05, 4.69) is 10.2 Å². The molecule has 174 valence electrons. The number of thioether (sulfide) groups is 1. The number of methoxy groups -OCH3 is 2. The lowest BCUT2D eigenvalue weighted by atomic mass is 10.2. The average molecular weight is 516 g/mol. The second-order valence-electron chi connectivity index (χ2n) is 6.97. The Morgan fingerprint density at radius 2 is 1.91 bits per heavy atom. The normalized spacial score (nSPS) is 16.2. The Morgan fingerprint density at radius 3 is 2.65 bits per heavy atom. The smallest absolute Gasteiger partial charge is 0.267 e. The highest BCUT2D eigenvalue weighted by Gasteiger charge is 2.34. The fraction of sp³-hybridized carbons (Fsp3) is 0.125. The van der Waals surface area contributed by atoms with Crippen molar-refractivity contribution in [2.24, 2.45) is 10.2 Å². The largest absolute Gasteiger partial charge is 0.493 e. The van der Waals surface area contributed by atoms with Gasteiger partial charge in [0.2, 0.25) is 0 Å². The third-order valence-electron chi connectivity index (χ3n) is 4.81. The molecule has 0 N–H and O–H groups in total. The van der Waals surface area contributed by atoms with E-state index in [-0.39, 0.29) is 12.5 Å². The van der Waals surface area contributed by atoms with Gasteiger partial charge >= 0.3 is 0 Å². The van der Waals surface area contributed by atoms with Crippen LogP contribution in [0.15, 0.2) is 74.3 Å². The summed E-state index contributed by atoms with van der Waals surface area (Å²) in [7, 11) is 3.13. The van der Waals surface area contributed by atoms with E-state index < -0.39 is 0 Å². The van der Waals surface area contributed by atoms with Crippen molar-refractivity contribution in [3.8, 4) is 11.5 Å². The highest BCUT2D eigenvalue weighted by Crippen LogP contribution is 2.35. The Labute approximate surface area is 210 Å². The zero-order chi connectivity index (χ0) is 24.1. The van der Waals surface area contributed by atoms with Crippen LogP contribution in [0.2, 0.25) is 10.0 Å². The van der Waals surface area contributed by atoms with Gasteiger partial charge in [-0.1, -0.05) is 41.4 Å². The lowest BCUT2D eigenvalue weighted by Gasteiger charge is -2.12. The number of hydrogen-bond acceptors (Lipinski definition) is 7. The van der Waals surface area contributed by atoms with Crippen LogP contribution in [-0.2, 0) is 11.3 Å². The number of furan rings is 1. The lowest BCUT2D eigenvalue weighted by Crippen LogP contribution is -2.28. The standard InChI is InChI=1S/C24H19Cl2N3O4S/c1-31-19-9-8-15(11-20(19)32-2)12-21-23(30)29(14-17-6-4-10-33-17)24(34-21)28-27-13-16-5-3-7-18(25)22(16)26/h3-13H,14H2,1-2H3/b21-12-,27-13+,28-24-. The van der Waals surface area contributed by atoms with Gasteiger partial charge in [0.25, 0.3) is 5.91 Å². The summed E-state index contributed by atoms with van der Waals surface area (Å²) < 4.78 is 16.1. The summed E-state index contributed by atoms with van der Waals surface area (Å²) in [5, 5.41) is 9.63. The van der Waals surface area contributed by atoms with E-state index in [0.717, 1.165) is 5.56 Å². The number of nitrogens with zero attached hydrogens (tertiary/aromatic N) is 3. The number of amidine groups is 1. The Kier molecular flexibility index (Phi) is 7.62. The van der Waals surface area contributed by atoms with Crippen LogP contribution in [0.3, 0.4) is 0 Å². The fourth-order valence-electron chi connectivity index (χ4n) is 3.14. The van der Waals surface area contributed by atoms with Crippen LogP contribution in [0.25, 0.3) is 6.08 Å². The monoisotopic (exact) mass is 515 g/mol. The summed E-state index contributed by atoms with van der Waals surface area (Å²) in [6, 6.07) is 14.2. The van der Waals surface area contributed by atoms with Gasteiger partial charge in [0.15, 0.2) is 16.7 Å². The second kappa shape index (κ2) is 10.8. The summed E-state index contributed by atoms with van der Waals surface area (Å²) in [4.78, 5) is 15.2. The first-order valence-corrected chi connectivity index (χ1v) is 11.6. The molecule has 4 rings (SSSR count). The molecule has 7 nitrogen and oxygen atoms in total. The first-order valence-electron chi connectivity index (χ1n) is 10.0. The molecule has 2 aromatic carbocycles. The first kappa shape index (κ1) is 23.9. The zero-order valence-electron chi connectivity index (χ0n) is 18.2. The molecule has 3 aromatic rings. The molecule has 0 unspecified atom stereocenters. The van der Waals surface area contributed by atoms with Gasteiger partial charge < -0.3 is 13.9 Å². The maximum atomic E-state index is 13.2. The van der Waals surface area contributed by atoms with Crippen molar-refractivity contribution >= 4 is 58.3 Å². The van der Waals surface area contributed by atoms with Gasteiger partial charge in [-0.2, -0.15) is 5.10 Å². The predicted octanol–water partition coefficient (Wildman–Crippen LogP) is 6.11. The van der Waals surface area contributed by atoms with Crippen LogP contribution < -0.4 is 9.47 Å². The molecule has 1 aliphatic heterocycles. The minimum Gasteiger partial charge on any atom is -0.493 e. The maximum absolute atomic E-state index is 13.2. The van der Waals surface area contributed by atoms with Gasteiger partial charge in [0.1, 0.15) is 5.76 Å². The molecule has 34 heavy (non-hydrogen) atoms. The number of carbonyl (C=O) groups excluding carboxylic acids is 1. The van der Waals surface area contributed by atoms with Crippen LogP contribution in [0.1, 0.15) is 16.9 Å². The molecule has 0 saturated carbocycles.